The first-order valence-electron chi connectivity index (χ1n) is 13.9. The van der Waals surface area contributed by atoms with Crippen LogP contribution < -0.4 is 4.74 Å². The molecule has 2 atom stereocenters. The third-order valence-corrected chi connectivity index (χ3v) is 6.70. The smallest absolute Gasteiger partial charge is 0.338 e. The van der Waals surface area contributed by atoms with Gasteiger partial charge in [-0.05, 0) is 56.1 Å². The number of hydrogen-bond donors (Lipinski definition) is 0. The predicted molar refractivity (Wildman–Crippen MR) is 157 cm³/mol. The molecular weight excluding hydrogens is 470 g/mol. The van der Waals surface area contributed by atoms with Gasteiger partial charge in [-0.1, -0.05) is 98.6 Å². The Morgan fingerprint density at radius 2 is 1.55 bits per heavy atom. The van der Waals surface area contributed by atoms with Gasteiger partial charge in [0.1, 0.15) is 18.0 Å². The lowest BCUT2D eigenvalue weighted by Gasteiger charge is -2.23. The molecule has 0 aliphatic rings. The zero-order valence-electron chi connectivity index (χ0n) is 23.2. The van der Waals surface area contributed by atoms with Crippen molar-refractivity contribution < 1.29 is 14.3 Å². The normalized spacial score (nSPS) is 12.9. The number of hydrogen-bond acceptors (Lipinski definition) is 4. The van der Waals surface area contributed by atoms with Crippen LogP contribution >= 0.6 is 0 Å². The van der Waals surface area contributed by atoms with Crippen molar-refractivity contribution in [3.63, 3.8) is 0 Å². The van der Waals surface area contributed by atoms with Crippen LogP contribution in [0, 0.1) is 6.92 Å². The molecule has 4 heteroatoms. The Hall–Kier alpha value is -3.37. The van der Waals surface area contributed by atoms with Gasteiger partial charge in [-0.3, -0.25) is 0 Å². The van der Waals surface area contributed by atoms with Gasteiger partial charge in [0.25, 0.3) is 0 Å². The van der Waals surface area contributed by atoms with Crippen molar-refractivity contribution in [1.29, 1.82) is 0 Å². The molecule has 0 spiro atoms. The average Bonchev–Trinajstić information content (AvgIpc) is 2.95. The highest BCUT2D eigenvalue weighted by Gasteiger charge is 2.16. The van der Waals surface area contributed by atoms with E-state index in [1.54, 1.807) is 0 Å². The number of esters is 1. The topological polar surface area (TPSA) is 38.8 Å². The van der Waals surface area contributed by atoms with Gasteiger partial charge in [-0.25, -0.2) is 4.79 Å². The Bertz CT molecular complexity index is 1100. The van der Waals surface area contributed by atoms with Gasteiger partial charge < -0.3 is 14.4 Å². The molecule has 0 aliphatic heterocycles. The minimum absolute atomic E-state index is 0.0101. The molecule has 202 valence electrons. The maximum atomic E-state index is 12.6. The third kappa shape index (κ3) is 10.2. The number of likely N-dealkylation sites (N-methyl/N-ethyl adjacent to an activating group) is 1. The van der Waals surface area contributed by atoms with Gasteiger partial charge in [-0.2, -0.15) is 0 Å². The summed E-state index contributed by atoms with van der Waals surface area (Å²) < 4.78 is 12.3. The summed E-state index contributed by atoms with van der Waals surface area (Å²) in [5, 5.41) is 0. The van der Waals surface area contributed by atoms with Crippen LogP contribution in [0.25, 0.3) is 0 Å². The van der Waals surface area contributed by atoms with Crippen molar-refractivity contribution in [1.82, 2.24) is 4.90 Å². The zero-order valence-corrected chi connectivity index (χ0v) is 23.2. The Balaban J connectivity index is 1.51. The molecule has 0 saturated carbocycles. The molecule has 0 amide bonds. The fourth-order valence-electron chi connectivity index (χ4n) is 4.38. The quantitative estimate of drug-likeness (QED) is 0.110. The van der Waals surface area contributed by atoms with E-state index < -0.39 is 0 Å². The number of carbonyl (C=O) groups excluding carboxylic acids is 1. The maximum Gasteiger partial charge on any atom is 0.338 e. The van der Waals surface area contributed by atoms with Gasteiger partial charge in [0.15, 0.2) is 0 Å². The standard InChI is InChI=1S/C34H43NO3/c1-4-5-8-22-31(37-34(36)30-20-11-7-12-21-30)23-15-16-26-35(3)27-25-33(29-18-9-6-10-19-29)38-32-24-14-13-17-28(32)2/h6-7,9-21,24,31,33H,4-5,8,22-23,25-27H2,1-3H3/b16-15+/t31?,33-/m0/s1. The predicted octanol–water partition coefficient (Wildman–Crippen LogP) is 8.19. The Kier molecular flexibility index (Phi) is 12.6. The van der Waals surface area contributed by atoms with Crippen LogP contribution in [-0.4, -0.2) is 37.1 Å². The fourth-order valence-corrected chi connectivity index (χ4v) is 4.38. The van der Waals surface area contributed by atoms with Crippen molar-refractivity contribution in [3.8, 4) is 5.75 Å². The van der Waals surface area contributed by atoms with E-state index in [4.69, 9.17) is 9.47 Å². The van der Waals surface area contributed by atoms with Gasteiger partial charge in [0.05, 0.1) is 5.56 Å². The molecule has 0 radical (unpaired) electrons. The number of carbonyl (C=O) groups is 1. The number of aryl methyl sites for hydroxylation is 1. The molecule has 0 saturated heterocycles. The van der Waals surface area contributed by atoms with E-state index in [2.05, 4.69) is 68.3 Å². The highest BCUT2D eigenvalue weighted by atomic mass is 16.5. The second-order valence-corrected chi connectivity index (χ2v) is 9.93. The summed E-state index contributed by atoms with van der Waals surface area (Å²) in [5.74, 6) is 0.696. The van der Waals surface area contributed by atoms with Crippen molar-refractivity contribution in [3.05, 3.63) is 114 Å². The molecule has 3 aromatic rings. The first kappa shape index (κ1) is 29.2. The van der Waals surface area contributed by atoms with Crippen LogP contribution in [0.3, 0.4) is 0 Å². The summed E-state index contributed by atoms with van der Waals surface area (Å²) in [6.45, 7) is 6.01. The number of unbranched alkanes of at least 4 members (excludes halogenated alkanes) is 2. The molecule has 3 rings (SSSR count). The largest absolute Gasteiger partial charge is 0.485 e. The third-order valence-electron chi connectivity index (χ3n) is 6.70. The lowest BCUT2D eigenvalue weighted by Crippen LogP contribution is -2.23. The monoisotopic (exact) mass is 513 g/mol. The van der Waals surface area contributed by atoms with E-state index in [1.807, 2.05) is 54.6 Å². The highest BCUT2D eigenvalue weighted by Crippen LogP contribution is 2.27. The molecule has 4 nitrogen and oxygen atoms in total. The van der Waals surface area contributed by atoms with Crippen LogP contribution in [0.5, 0.6) is 5.75 Å². The summed E-state index contributed by atoms with van der Waals surface area (Å²) in [6, 6.07) is 27.9. The maximum absolute atomic E-state index is 12.6. The van der Waals surface area contributed by atoms with Gasteiger partial charge >= 0.3 is 5.97 Å². The van der Waals surface area contributed by atoms with E-state index >= 15 is 0 Å². The van der Waals surface area contributed by atoms with E-state index in [9.17, 15) is 4.79 Å². The number of benzene rings is 3. The van der Waals surface area contributed by atoms with Crippen LogP contribution in [-0.2, 0) is 4.74 Å². The van der Waals surface area contributed by atoms with Gasteiger partial charge in [-0.15, -0.1) is 0 Å². The summed E-state index contributed by atoms with van der Waals surface area (Å²) in [7, 11) is 2.13. The van der Waals surface area contributed by atoms with Crippen LogP contribution in [0.2, 0.25) is 0 Å². The van der Waals surface area contributed by atoms with E-state index in [-0.39, 0.29) is 18.2 Å². The van der Waals surface area contributed by atoms with Gasteiger partial charge in [0.2, 0.25) is 0 Å². The number of nitrogens with zero attached hydrogens (tertiary/aromatic N) is 1. The lowest BCUT2D eigenvalue weighted by molar-refractivity contribution is 0.0283. The molecule has 0 aliphatic carbocycles. The van der Waals surface area contributed by atoms with Crippen molar-refractivity contribution >= 4 is 5.97 Å². The first-order valence-corrected chi connectivity index (χ1v) is 13.9. The summed E-state index contributed by atoms with van der Waals surface area (Å²) in [5.41, 5.74) is 2.94. The molecule has 0 aromatic heterocycles. The van der Waals surface area contributed by atoms with Crippen LogP contribution in [0.4, 0.5) is 0 Å². The minimum atomic E-state index is -0.238. The second-order valence-electron chi connectivity index (χ2n) is 9.93. The minimum Gasteiger partial charge on any atom is -0.485 e. The Labute approximate surface area is 229 Å². The zero-order chi connectivity index (χ0) is 27.0. The van der Waals surface area contributed by atoms with E-state index in [1.165, 1.54) is 5.56 Å². The lowest BCUT2D eigenvalue weighted by atomic mass is 10.1. The average molecular weight is 514 g/mol. The van der Waals surface area contributed by atoms with Gasteiger partial charge in [0, 0.05) is 25.9 Å². The van der Waals surface area contributed by atoms with Crippen molar-refractivity contribution in [2.75, 3.05) is 20.1 Å². The number of ether oxygens (including phenoxy) is 2. The summed E-state index contributed by atoms with van der Waals surface area (Å²) in [4.78, 5) is 14.9. The first-order chi connectivity index (χ1) is 18.6. The SMILES string of the molecule is CCCCCC(C/C=C/CN(C)CC[C@H](Oc1ccccc1C)c1ccccc1)OC(=O)c1ccccc1. The van der Waals surface area contributed by atoms with E-state index in [0.717, 1.165) is 62.9 Å². The molecule has 0 N–H and O–H groups in total. The Morgan fingerprint density at radius 1 is 0.868 bits per heavy atom. The summed E-state index contributed by atoms with van der Waals surface area (Å²) >= 11 is 0. The van der Waals surface area contributed by atoms with Crippen molar-refractivity contribution in [2.45, 2.75) is 64.6 Å². The molecule has 0 fully saturated rings. The van der Waals surface area contributed by atoms with Crippen LogP contribution in [0.1, 0.15) is 73.0 Å². The molecule has 38 heavy (non-hydrogen) atoms. The van der Waals surface area contributed by atoms with Crippen LogP contribution in [0.15, 0.2) is 97.1 Å². The molecule has 0 heterocycles. The second kappa shape index (κ2) is 16.5. The number of para-hydroxylation sites is 1. The van der Waals surface area contributed by atoms with E-state index in [0.29, 0.717) is 5.56 Å². The fraction of sp³-hybridized carbons (Fsp3) is 0.382. The molecule has 1 unspecified atom stereocenters. The van der Waals surface area contributed by atoms with Crippen molar-refractivity contribution in [2.24, 2.45) is 0 Å². The highest BCUT2D eigenvalue weighted by molar-refractivity contribution is 5.89. The molecule has 3 aromatic carbocycles. The number of rotatable bonds is 16. The summed E-state index contributed by atoms with van der Waals surface area (Å²) in [6.07, 6.45) is 10.1. The molecular formula is C34H43NO3. The molecule has 0 bridgehead atoms. The Morgan fingerprint density at radius 3 is 2.26 bits per heavy atom.